The van der Waals surface area contributed by atoms with E-state index in [-0.39, 0.29) is 12.6 Å². The van der Waals surface area contributed by atoms with Crippen LogP contribution in [0.2, 0.25) is 0 Å². The van der Waals surface area contributed by atoms with Crippen molar-refractivity contribution in [2.75, 3.05) is 26.2 Å². The number of benzene rings is 2. The van der Waals surface area contributed by atoms with Crippen molar-refractivity contribution in [2.24, 2.45) is 0 Å². The second kappa shape index (κ2) is 8.53. The molecule has 1 unspecified atom stereocenters. The average Bonchev–Trinajstić information content (AvgIpc) is 3.46. The molecule has 2 aromatic rings. The van der Waals surface area contributed by atoms with Gasteiger partial charge in [0.15, 0.2) is 0 Å². The highest BCUT2D eigenvalue weighted by molar-refractivity contribution is 5.67. The van der Waals surface area contributed by atoms with E-state index in [1.54, 1.807) is 0 Å². The first-order valence-electron chi connectivity index (χ1n) is 8.63. The number of alkyl carbamates (subject to hydrolysis) is 1. The number of nitrogens with zero attached hydrogens (tertiary/aromatic N) is 1. The van der Waals surface area contributed by atoms with Gasteiger partial charge in [-0.3, -0.25) is 4.90 Å². The van der Waals surface area contributed by atoms with Crippen molar-refractivity contribution in [1.29, 1.82) is 0 Å². The van der Waals surface area contributed by atoms with Gasteiger partial charge in [0.1, 0.15) is 19.0 Å². The zero-order valence-electron chi connectivity index (χ0n) is 14.5. The number of carbonyl (C=O) groups excluding carboxylic acids is 1. The van der Waals surface area contributed by atoms with Crippen LogP contribution in [0.25, 0.3) is 0 Å². The van der Waals surface area contributed by atoms with Crippen LogP contribution >= 0.6 is 0 Å². The summed E-state index contributed by atoms with van der Waals surface area (Å²) in [6.45, 7) is 6.26. The molecule has 3 rings (SSSR count). The molecular weight excluding hydrogens is 316 g/mol. The van der Waals surface area contributed by atoms with E-state index in [2.05, 4.69) is 10.2 Å². The van der Waals surface area contributed by atoms with Gasteiger partial charge in [-0.05, 0) is 30.2 Å². The summed E-state index contributed by atoms with van der Waals surface area (Å²) in [5, 5.41) is 2.84. The zero-order valence-corrected chi connectivity index (χ0v) is 14.5. The molecule has 0 saturated carbocycles. The van der Waals surface area contributed by atoms with Crippen molar-refractivity contribution in [3.8, 4) is 5.75 Å². The monoisotopic (exact) mass is 340 g/mol. The molecule has 5 heteroatoms. The van der Waals surface area contributed by atoms with Gasteiger partial charge < -0.3 is 14.8 Å². The van der Waals surface area contributed by atoms with Gasteiger partial charge in [0.2, 0.25) is 0 Å². The SMILES string of the molecule is CC(NC(=O)OCc1ccccc1)c1ccc(OCCN2CC2)cc1. The Balaban J connectivity index is 1.41. The van der Waals surface area contributed by atoms with E-state index < -0.39 is 6.09 Å². The minimum absolute atomic E-state index is 0.130. The van der Waals surface area contributed by atoms with Crippen LogP contribution < -0.4 is 10.1 Å². The Morgan fingerprint density at radius 1 is 1.12 bits per heavy atom. The third-order valence-electron chi connectivity index (χ3n) is 4.14. The molecule has 2 aromatic carbocycles. The van der Waals surface area contributed by atoms with Crippen LogP contribution in [0.5, 0.6) is 5.75 Å². The van der Waals surface area contributed by atoms with Crippen molar-refractivity contribution in [3.63, 3.8) is 0 Å². The van der Waals surface area contributed by atoms with E-state index in [1.807, 2.05) is 61.5 Å². The molecule has 1 aliphatic heterocycles. The molecule has 25 heavy (non-hydrogen) atoms. The van der Waals surface area contributed by atoms with E-state index in [1.165, 1.54) is 13.1 Å². The standard InChI is InChI=1S/C20H24N2O3/c1-16(21-20(23)25-15-17-5-3-2-4-6-17)18-7-9-19(10-8-18)24-14-13-22-11-12-22/h2-10,16H,11-15H2,1H3,(H,21,23). The molecular formula is C20H24N2O3. The number of carbonyl (C=O) groups is 1. The molecule has 0 bridgehead atoms. The minimum Gasteiger partial charge on any atom is -0.492 e. The van der Waals surface area contributed by atoms with E-state index in [0.717, 1.165) is 23.4 Å². The number of rotatable bonds is 8. The molecule has 1 fully saturated rings. The maximum atomic E-state index is 11.9. The van der Waals surface area contributed by atoms with Crippen LogP contribution in [0.3, 0.4) is 0 Å². The Morgan fingerprint density at radius 2 is 1.84 bits per heavy atom. The molecule has 1 amide bonds. The van der Waals surface area contributed by atoms with Gasteiger partial charge in [-0.2, -0.15) is 0 Å². The highest BCUT2D eigenvalue weighted by atomic mass is 16.5. The normalized spacial score (nSPS) is 14.6. The van der Waals surface area contributed by atoms with E-state index in [0.29, 0.717) is 6.61 Å². The van der Waals surface area contributed by atoms with Crippen LogP contribution in [0.15, 0.2) is 54.6 Å². The Bertz CT molecular complexity index is 669. The molecule has 0 radical (unpaired) electrons. The van der Waals surface area contributed by atoms with Gasteiger partial charge in [0.05, 0.1) is 6.04 Å². The van der Waals surface area contributed by atoms with Gasteiger partial charge in [0, 0.05) is 19.6 Å². The molecule has 0 aromatic heterocycles. The van der Waals surface area contributed by atoms with Gasteiger partial charge in [-0.1, -0.05) is 42.5 Å². The van der Waals surface area contributed by atoms with Gasteiger partial charge >= 0.3 is 6.09 Å². The summed E-state index contributed by atoms with van der Waals surface area (Å²) in [4.78, 5) is 14.2. The van der Waals surface area contributed by atoms with Crippen molar-refractivity contribution >= 4 is 6.09 Å². The highest BCUT2D eigenvalue weighted by Gasteiger charge is 2.16. The lowest BCUT2D eigenvalue weighted by Gasteiger charge is -2.15. The second-order valence-corrected chi connectivity index (χ2v) is 6.19. The first-order chi connectivity index (χ1) is 12.2. The lowest BCUT2D eigenvalue weighted by atomic mass is 10.1. The molecule has 1 saturated heterocycles. The Morgan fingerprint density at radius 3 is 2.52 bits per heavy atom. The first kappa shape index (κ1) is 17.3. The molecule has 1 atom stereocenters. The summed E-state index contributed by atoms with van der Waals surface area (Å²) >= 11 is 0. The fraction of sp³-hybridized carbons (Fsp3) is 0.350. The summed E-state index contributed by atoms with van der Waals surface area (Å²) in [5.41, 5.74) is 1.98. The van der Waals surface area contributed by atoms with Crippen LogP contribution in [-0.2, 0) is 11.3 Å². The molecule has 0 spiro atoms. The maximum Gasteiger partial charge on any atom is 0.407 e. The summed E-state index contributed by atoms with van der Waals surface area (Å²) < 4.78 is 11.0. The Labute approximate surface area is 148 Å². The minimum atomic E-state index is -0.421. The van der Waals surface area contributed by atoms with Crippen LogP contribution in [0.4, 0.5) is 4.79 Å². The molecule has 132 valence electrons. The fourth-order valence-electron chi connectivity index (χ4n) is 2.46. The van der Waals surface area contributed by atoms with Gasteiger partial charge in [-0.15, -0.1) is 0 Å². The van der Waals surface area contributed by atoms with E-state index >= 15 is 0 Å². The van der Waals surface area contributed by atoms with Crippen LogP contribution in [0.1, 0.15) is 24.1 Å². The summed E-state index contributed by atoms with van der Waals surface area (Å²) in [5.74, 6) is 0.851. The molecule has 0 aliphatic carbocycles. The fourth-order valence-corrected chi connectivity index (χ4v) is 2.46. The Hall–Kier alpha value is -2.53. The lowest BCUT2D eigenvalue weighted by Crippen LogP contribution is -2.27. The number of hydrogen-bond donors (Lipinski definition) is 1. The predicted molar refractivity (Wildman–Crippen MR) is 96.6 cm³/mol. The third-order valence-corrected chi connectivity index (χ3v) is 4.14. The van der Waals surface area contributed by atoms with Crippen molar-refractivity contribution in [2.45, 2.75) is 19.6 Å². The zero-order chi connectivity index (χ0) is 17.5. The number of nitrogens with one attached hydrogen (secondary N) is 1. The summed E-state index contributed by atoms with van der Waals surface area (Å²) in [7, 11) is 0. The largest absolute Gasteiger partial charge is 0.492 e. The second-order valence-electron chi connectivity index (χ2n) is 6.19. The molecule has 5 nitrogen and oxygen atoms in total. The Kier molecular flexibility index (Phi) is 5.90. The van der Waals surface area contributed by atoms with Crippen molar-refractivity contribution < 1.29 is 14.3 Å². The summed E-state index contributed by atoms with van der Waals surface area (Å²) in [6.07, 6.45) is -0.421. The van der Waals surface area contributed by atoms with E-state index in [4.69, 9.17) is 9.47 Å². The molecule has 1 heterocycles. The first-order valence-corrected chi connectivity index (χ1v) is 8.63. The van der Waals surface area contributed by atoms with Gasteiger partial charge in [-0.25, -0.2) is 4.79 Å². The smallest absolute Gasteiger partial charge is 0.407 e. The van der Waals surface area contributed by atoms with Crippen LogP contribution in [-0.4, -0.2) is 37.2 Å². The summed E-state index contributed by atoms with van der Waals surface area (Å²) in [6, 6.07) is 17.3. The number of ether oxygens (including phenoxy) is 2. The lowest BCUT2D eigenvalue weighted by molar-refractivity contribution is 0.136. The van der Waals surface area contributed by atoms with Crippen LogP contribution in [0, 0.1) is 0 Å². The van der Waals surface area contributed by atoms with Crippen molar-refractivity contribution in [1.82, 2.24) is 10.2 Å². The topological polar surface area (TPSA) is 50.6 Å². The predicted octanol–water partition coefficient (Wildman–Crippen LogP) is 3.37. The number of amides is 1. The average molecular weight is 340 g/mol. The van der Waals surface area contributed by atoms with E-state index in [9.17, 15) is 4.79 Å². The highest BCUT2D eigenvalue weighted by Crippen LogP contribution is 2.18. The van der Waals surface area contributed by atoms with Crippen molar-refractivity contribution in [3.05, 3.63) is 65.7 Å². The van der Waals surface area contributed by atoms with Gasteiger partial charge in [0.25, 0.3) is 0 Å². The number of hydrogen-bond acceptors (Lipinski definition) is 4. The molecule has 1 N–H and O–H groups in total. The molecule has 1 aliphatic rings. The quantitative estimate of drug-likeness (QED) is 0.749. The third kappa shape index (κ3) is 5.80. The maximum absolute atomic E-state index is 11.9.